The Balaban J connectivity index is 1.91. The van der Waals surface area contributed by atoms with Gasteiger partial charge in [0.2, 0.25) is 10.0 Å². The number of fused-ring (bicyclic) bond motifs is 1. The standard InChI is InChI=1S/C20H23FN2O4S/c1-3-18-20(24)23(12-14-5-7-16(21)8-6-14)13-15-11-17(9-10-19(15)27-18)22-28(25,26)4-2/h5-11,18,22H,3-4,12-13H2,1-2H3. The van der Waals surface area contributed by atoms with Crippen LogP contribution >= 0.6 is 0 Å². The lowest BCUT2D eigenvalue weighted by atomic mass is 10.1. The van der Waals surface area contributed by atoms with Crippen molar-refractivity contribution in [2.75, 3.05) is 10.5 Å². The molecule has 0 saturated heterocycles. The van der Waals surface area contributed by atoms with Gasteiger partial charge in [-0.15, -0.1) is 0 Å². The van der Waals surface area contributed by atoms with Crippen molar-refractivity contribution in [3.63, 3.8) is 0 Å². The van der Waals surface area contributed by atoms with Crippen LogP contribution in [0.2, 0.25) is 0 Å². The molecule has 0 saturated carbocycles. The summed E-state index contributed by atoms with van der Waals surface area (Å²) < 4.78 is 45.3. The first-order chi connectivity index (χ1) is 13.3. The number of amides is 1. The van der Waals surface area contributed by atoms with Crippen LogP contribution in [-0.4, -0.2) is 31.1 Å². The van der Waals surface area contributed by atoms with Crippen LogP contribution in [0.15, 0.2) is 42.5 Å². The molecule has 1 aliphatic rings. The Kier molecular flexibility index (Phi) is 5.88. The van der Waals surface area contributed by atoms with Gasteiger partial charge in [0.15, 0.2) is 6.10 Å². The monoisotopic (exact) mass is 406 g/mol. The van der Waals surface area contributed by atoms with Crippen LogP contribution in [0, 0.1) is 5.82 Å². The third kappa shape index (κ3) is 4.62. The first-order valence-corrected chi connectivity index (χ1v) is 10.8. The lowest BCUT2D eigenvalue weighted by Gasteiger charge is -2.23. The molecule has 1 amide bonds. The Bertz CT molecular complexity index is 961. The lowest BCUT2D eigenvalue weighted by molar-refractivity contribution is -0.139. The first kappa shape index (κ1) is 20.1. The van der Waals surface area contributed by atoms with E-state index >= 15 is 0 Å². The van der Waals surface area contributed by atoms with Crippen molar-refractivity contribution in [3.05, 3.63) is 59.4 Å². The van der Waals surface area contributed by atoms with Crippen molar-refractivity contribution in [1.82, 2.24) is 4.90 Å². The Labute approximate surface area is 164 Å². The Morgan fingerprint density at radius 3 is 2.54 bits per heavy atom. The van der Waals surface area contributed by atoms with Crippen LogP contribution < -0.4 is 9.46 Å². The fourth-order valence-electron chi connectivity index (χ4n) is 3.03. The molecule has 6 nitrogen and oxygen atoms in total. The van der Waals surface area contributed by atoms with Gasteiger partial charge >= 0.3 is 0 Å². The molecule has 1 unspecified atom stereocenters. The topological polar surface area (TPSA) is 75.7 Å². The highest BCUT2D eigenvalue weighted by atomic mass is 32.2. The first-order valence-electron chi connectivity index (χ1n) is 9.14. The highest BCUT2D eigenvalue weighted by Gasteiger charge is 2.30. The number of hydrogen-bond donors (Lipinski definition) is 1. The van der Waals surface area contributed by atoms with E-state index in [4.69, 9.17) is 4.74 Å². The van der Waals surface area contributed by atoms with Crippen molar-refractivity contribution in [1.29, 1.82) is 0 Å². The highest BCUT2D eigenvalue weighted by Crippen LogP contribution is 2.30. The number of carbonyl (C=O) groups excluding carboxylic acids is 1. The zero-order valence-electron chi connectivity index (χ0n) is 15.8. The molecular formula is C20H23FN2O4S. The van der Waals surface area contributed by atoms with E-state index in [1.165, 1.54) is 12.1 Å². The number of ether oxygens (including phenoxy) is 1. The molecule has 3 rings (SSSR count). The molecule has 8 heteroatoms. The summed E-state index contributed by atoms with van der Waals surface area (Å²) in [6.07, 6.45) is -0.123. The fraction of sp³-hybridized carbons (Fsp3) is 0.350. The second-order valence-electron chi connectivity index (χ2n) is 6.66. The van der Waals surface area contributed by atoms with E-state index in [0.717, 1.165) is 5.56 Å². The number of nitrogens with one attached hydrogen (secondary N) is 1. The van der Waals surface area contributed by atoms with E-state index in [1.807, 2.05) is 6.92 Å². The smallest absolute Gasteiger partial charge is 0.264 e. The van der Waals surface area contributed by atoms with Crippen molar-refractivity contribution in [2.45, 2.75) is 39.5 Å². The van der Waals surface area contributed by atoms with E-state index in [9.17, 15) is 17.6 Å². The van der Waals surface area contributed by atoms with Gasteiger partial charge in [0, 0.05) is 24.3 Å². The summed E-state index contributed by atoms with van der Waals surface area (Å²) in [5.41, 5.74) is 1.94. The van der Waals surface area contributed by atoms with E-state index in [0.29, 0.717) is 30.0 Å². The average Bonchev–Trinajstić information content (AvgIpc) is 2.80. The van der Waals surface area contributed by atoms with Gasteiger partial charge in [0.05, 0.1) is 5.75 Å². The number of nitrogens with zero attached hydrogens (tertiary/aromatic N) is 1. The second kappa shape index (κ2) is 8.18. The Morgan fingerprint density at radius 1 is 1.18 bits per heavy atom. The third-order valence-electron chi connectivity index (χ3n) is 4.59. The summed E-state index contributed by atoms with van der Waals surface area (Å²) in [7, 11) is -3.41. The predicted octanol–water partition coefficient (Wildman–Crippen LogP) is 3.29. The maximum atomic E-state index is 13.2. The van der Waals surface area contributed by atoms with Gasteiger partial charge in [0.25, 0.3) is 5.91 Å². The molecule has 28 heavy (non-hydrogen) atoms. The predicted molar refractivity (Wildman–Crippen MR) is 105 cm³/mol. The zero-order valence-corrected chi connectivity index (χ0v) is 16.6. The van der Waals surface area contributed by atoms with Crippen molar-refractivity contribution >= 4 is 21.6 Å². The van der Waals surface area contributed by atoms with Crippen LogP contribution in [0.3, 0.4) is 0 Å². The molecule has 2 aromatic rings. The summed E-state index contributed by atoms with van der Waals surface area (Å²) in [5.74, 6) is 0.0343. The number of sulfonamides is 1. The second-order valence-corrected chi connectivity index (χ2v) is 8.67. The van der Waals surface area contributed by atoms with Gasteiger partial charge in [-0.1, -0.05) is 19.1 Å². The molecule has 2 aromatic carbocycles. The molecule has 1 N–H and O–H groups in total. The van der Waals surface area contributed by atoms with Gasteiger partial charge in [0.1, 0.15) is 11.6 Å². The van der Waals surface area contributed by atoms with Crippen LogP contribution in [0.5, 0.6) is 5.75 Å². The summed E-state index contributed by atoms with van der Waals surface area (Å²) in [6, 6.07) is 11.0. The summed E-state index contributed by atoms with van der Waals surface area (Å²) in [5, 5.41) is 0. The minimum absolute atomic E-state index is 0.0341. The summed E-state index contributed by atoms with van der Waals surface area (Å²) in [6.45, 7) is 4.00. The van der Waals surface area contributed by atoms with Crippen molar-refractivity contribution in [2.24, 2.45) is 0 Å². The summed E-state index contributed by atoms with van der Waals surface area (Å²) >= 11 is 0. The van der Waals surface area contributed by atoms with Crippen LogP contribution in [0.4, 0.5) is 10.1 Å². The fourth-order valence-corrected chi connectivity index (χ4v) is 3.66. The van der Waals surface area contributed by atoms with Gasteiger partial charge in [-0.05, 0) is 49.2 Å². The van der Waals surface area contributed by atoms with Gasteiger partial charge in [-0.25, -0.2) is 12.8 Å². The molecule has 1 atom stereocenters. The van der Waals surface area contributed by atoms with E-state index < -0.39 is 16.1 Å². The number of hydrogen-bond acceptors (Lipinski definition) is 4. The molecule has 0 spiro atoms. The molecule has 0 radical (unpaired) electrons. The van der Waals surface area contributed by atoms with E-state index in [1.54, 1.807) is 42.2 Å². The molecule has 150 valence electrons. The van der Waals surface area contributed by atoms with Crippen LogP contribution in [-0.2, 0) is 27.9 Å². The molecule has 0 bridgehead atoms. The number of halogens is 1. The van der Waals surface area contributed by atoms with Gasteiger partial charge in [-0.3, -0.25) is 9.52 Å². The maximum Gasteiger partial charge on any atom is 0.264 e. The number of carbonyl (C=O) groups is 1. The molecule has 0 aromatic heterocycles. The third-order valence-corrected chi connectivity index (χ3v) is 5.90. The number of anilines is 1. The Hall–Kier alpha value is -2.61. The highest BCUT2D eigenvalue weighted by molar-refractivity contribution is 7.92. The molecule has 0 fully saturated rings. The largest absolute Gasteiger partial charge is 0.480 e. The zero-order chi connectivity index (χ0) is 20.3. The molecule has 1 heterocycles. The van der Waals surface area contributed by atoms with Crippen LogP contribution in [0.25, 0.3) is 0 Å². The summed E-state index contributed by atoms with van der Waals surface area (Å²) in [4.78, 5) is 14.5. The van der Waals surface area contributed by atoms with Crippen LogP contribution in [0.1, 0.15) is 31.4 Å². The Morgan fingerprint density at radius 2 is 1.89 bits per heavy atom. The number of benzene rings is 2. The minimum Gasteiger partial charge on any atom is -0.480 e. The lowest BCUT2D eigenvalue weighted by Crippen LogP contribution is -2.38. The van der Waals surface area contributed by atoms with E-state index in [-0.39, 0.29) is 24.0 Å². The minimum atomic E-state index is -3.41. The number of rotatable bonds is 6. The molecule has 1 aliphatic heterocycles. The van der Waals surface area contributed by atoms with Gasteiger partial charge in [-0.2, -0.15) is 0 Å². The molecule has 0 aliphatic carbocycles. The maximum absolute atomic E-state index is 13.2. The quantitative estimate of drug-likeness (QED) is 0.799. The van der Waals surface area contributed by atoms with E-state index in [2.05, 4.69) is 4.72 Å². The SMILES string of the molecule is CCC1Oc2ccc(NS(=O)(=O)CC)cc2CN(Cc2ccc(F)cc2)C1=O. The average molecular weight is 406 g/mol. The van der Waals surface area contributed by atoms with Crippen molar-refractivity contribution < 1.29 is 22.3 Å². The van der Waals surface area contributed by atoms with Gasteiger partial charge < -0.3 is 9.64 Å². The molecular weight excluding hydrogens is 383 g/mol. The normalized spacial score (nSPS) is 16.9. The van der Waals surface area contributed by atoms with Crippen molar-refractivity contribution in [3.8, 4) is 5.75 Å².